The fourth-order valence-electron chi connectivity index (χ4n) is 4.14. The third kappa shape index (κ3) is 4.35. The maximum Gasteiger partial charge on any atom is 0.277 e. The molecule has 9 heteroatoms. The second-order valence-corrected chi connectivity index (χ2v) is 9.43. The molecule has 0 bridgehead atoms. The molecule has 2 aliphatic rings. The molecule has 1 saturated heterocycles. The first-order valence-corrected chi connectivity index (χ1v) is 12.2. The number of aryl methyl sites for hydroxylation is 2. The smallest absolute Gasteiger partial charge is 0.277 e. The molecule has 0 radical (unpaired) electrons. The lowest BCUT2D eigenvalue weighted by atomic mass is 10.1. The summed E-state index contributed by atoms with van der Waals surface area (Å²) >= 11 is 1.63. The fraction of sp³-hybridized carbons (Fsp3) is 0.320. The summed E-state index contributed by atoms with van der Waals surface area (Å²) in [7, 11) is 0. The number of nitrogens with zero attached hydrogens (tertiary/aromatic N) is 2. The molecule has 1 N–H and O–H groups in total. The van der Waals surface area contributed by atoms with Crippen LogP contribution in [0.5, 0.6) is 11.5 Å². The number of aromatic nitrogens is 1. The third-order valence-electron chi connectivity index (χ3n) is 5.72. The summed E-state index contributed by atoms with van der Waals surface area (Å²) in [5.41, 5.74) is 2.60. The van der Waals surface area contributed by atoms with Crippen LogP contribution in [0.4, 0.5) is 0 Å². The molecule has 2 aliphatic heterocycles. The molecule has 0 saturated carbocycles. The molecule has 176 valence electrons. The van der Waals surface area contributed by atoms with Gasteiger partial charge < -0.3 is 24.1 Å². The summed E-state index contributed by atoms with van der Waals surface area (Å²) in [6, 6.07) is 13.1. The largest absolute Gasteiger partial charge is 0.486 e. The number of benzene rings is 2. The van der Waals surface area contributed by atoms with E-state index in [4.69, 9.17) is 13.9 Å². The van der Waals surface area contributed by atoms with Crippen molar-refractivity contribution in [1.29, 1.82) is 0 Å². The lowest BCUT2D eigenvalue weighted by Gasteiger charge is -2.24. The van der Waals surface area contributed by atoms with Crippen LogP contribution in [0.1, 0.15) is 32.3 Å². The molecule has 1 aromatic heterocycles. The molecule has 34 heavy (non-hydrogen) atoms. The number of ether oxygens (including phenoxy) is 2. The zero-order valence-electron chi connectivity index (χ0n) is 19.0. The van der Waals surface area contributed by atoms with E-state index in [0.717, 1.165) is 16.9 Å². The number of carbonyl (C=O) groups excluding carboxylic acids is 2. The Balaban J connectivity index is 1.32. The second-order valence-electron chi connectivity index (χ2n) is 8.14. The Labute approximate surface area is 201 Å². The van der Waals surface area contributed by atoms with Crippen LogP contribution in [0, 0.1) is 13.8 Å². The molecular weight excluding hydrogens is 454 g/mol. The van der Waals surface area contributed by atoms with Gasteiger partial charge in [0.1, 0.15) is 13.2 Å². The van der Waals surface area contributed by atoms with Crippen LogP contribution >= 0.6 is 11.8 Å². The topological polar surface area (TPSA) is 93.9 Å². The normalized spacial score (nSPS) is 17.0. The van der Waals surface area contributed by atoms with Crippen LogP contribution in [-0.2, 0) is 0 Å². The summed E-state index contributed by atoms with van der Waals surface area (Å²) < 4.78 is 17.0. The van der Waals surface area contributed by atoms with E-state index in [1.54, 1.807) is 41.8 Å². The highest BCUT2D eigenvalue weighted by Gasteiger charge is 2.34. The van der Waals surface area contributed by atoms with Crippen LogP contribution in [0.25, 0.3) is 11.3 Å². The average molecular weight is 480 g/mol. The van der Waals surface area contributed by atoms with E-state index in [-0.39, 0.29) is 17.2 Å². The Morgan fingerprint density at radius 1 is 1.15 bits per heavy atom. The van der Waals surface area contributed by atoms with Gasteiger partial charge in [-0.15, -0.1) is 11.8 Å². The van der Waals surface area contributed by atoms with Crippen LogP contribution in [0.2, 0.25) is 0 Å². The van der Waals surface area contributed by atoms with Gasteiger partial charge in [-0.2, -0.15) is 0 Å². The zero-order valence-corrected chi connectivity index (χ0v) is 19.8. The standard InChI is InChI=1S/C25H25N3O5S/c1-15-5-3-6-17(13-15)22-21(27-16(2)33-22)25(30)28-9-12-34-20(28)14-26-24(29)18-7-4-8-19-23(18)32-11-10-31-19/h3-8,13,20H,9-12,14H2,1-2H3,(H,26,29). The van der Waals surface area contributed by atoms with E-state index in [0.29, 0.717) is 60.7 Å². The lowest BCUT2D eigenvalue weighted by Crippen LogP contribution is -2.42. The molecule has 1 fully saturated rings. The molecule has 0 spiro atoms. The van der Waals surface area contributed by atoms with Crippen LogP contribution in [0.3, 0.4) is 0 Å². The van der Waals surface area contributed by atoms with Gasteiger partial charge in [0, 0.05) is 31.3 Å². The fourth-order valence-corrected chi connectivity index (χ4v) is 5.30. The van der Waals surface area contributed by atoms with Crippen LogP contribution in [-0.4, -0.2) is 59.1 Å². The van der Waals surface area contributed by atoms with Crippen molar-refractivity contribution >= 4 is 23.6 Å². The Kier molecular flexibility index (Phi) is 6.19. The van der Waals surface area contributed by atoms with Crippen molar-refractivity contribution in [3.05, 3.63) is 65.2 Å². The number of nitrogens with one attached hydrogen (secondary N) is 1. The van der Waals surface area contributed by atoms with E-state index in [9.17, 15) is 9.59 Å². The maximum absolute atomic E-state index is 13.5. The van der Waals surface area contributed by atoms with Gasteiger partial charge in [0.15, 0.2) is 28.8 Å². The molecule has 1 unspecified atom stereocenters. The number of oxazole rings is 1. The van der Waals surface area contributed by atoms with Gasteiger partial charge in [0.25, 0.3) is 11.8 Å². The number of carbonyl (C=O) groups is 2. The second kappa shape index (κ2) is 9.42. The van der Waals surface area contributed by atoms with Gasteiger partial charge >= 0.3 is 0 Å². The molecule has 3 heterocycles. The van der Waals surface area contributed by atoms with Crippen LogP contribution in [0.15, 0.2) is 46.9 Å². The minimum atomic E-state index is -0.264. The molecule has 2 aromatic carbocycles. The van der Waals surface area contributed by atoms with Crippen molar-refractivity contribution in [2.75, 3.05) is 32.1 Å². The van der Waals surface area contributed by atoms with E-state index in [1.807, 2.05) is 31.2 Å². The predicted molar refractivity (Wildman–Crippen MR) is 128 cm³/mol. The van der Waals surface area contributed by atoms with Crippen molar-refractivity contribution in [3.8, 4) is 22.8 Å². The highest BCUT2D eigenvalue weighted by molar-refractivity contribution is 8.00. The summed E-state index contributed by atoms with van der Waals surface area (Å²) in [4.78, 5) is 32.6. The molecule has 2 amide bonds. The van der Waals surface area contributed by atoms with Gasteiger partial charge in [0.05, 0.1) is 10.9 Å². The Bertz CT molecular complexity index is 1240. The number of hydrogen-bond acceptors (Lipinski definition) is 7. The summed E-state index contributed by atoms with van der Waals surface area (Å²) in [6.07, 6.45) is 0. The summed E-state index contributed by atoms with van der Waals surface area (Å²) in [5, 5.41) is 2.74. The highest BCUT2D eigenvalue weighted by Crippen LogP contribution is 2.34. The number of thioether (sulfide) groups is 1. The van der Waals surface area contributed by atoms with Crippen molar-refractivity contribution < 1.29 is 23.5 Å². The summed E-state index contributed by atoms with van der Waals surface area (Å²) in [6.45, 7) is 5.46. The van der Waals surface area contributed by atoms with Crippen molar-refractivity contribution in [2.24, 2.45) is 0 Å². The van der Waals surface area contributed by atoms with Gasteiger partial charge in [-0.3, -0.25) is 9.59 Å². The molecule has 1 atom stereocenters. The summed E-state index contributed by atoms with van der Waals surface area (Å²) in [5.74, 6) is 2.24. The molecule has 5 rings (SSSR count). The van der Waals surface area contributed by atoms with E-state index in [1.165, 1.54) is 0 Å². The quantitative estimate of drug-likeness (QED) is 0.597. The minimum absolute atomic E-state index is 0.202. The Hall–Kier alpha value is -3.46. The number of amides is 2. The molecular formula is C25H25N3O5S. The SMILES string of the molecule is Cc1cccc(-c2oc(C)nc2C(=O)N2CCSC2CNC(=O)c2cccc3c2OCCO3)c1. The predicted octanol–water partition coefficient (Wildman–Crippen LogP) is 3.67. The van der Waals surface area contributed by atoms with Crippen LogP contribution < -0.4 is 14.8 Å². The number of para-hydroxylation sites is 1. The first-order chi connectivity index (χ1) is 16.5. The van der Waals surface area contributed by atoms with Crippen molar-refractivity contribution in [1.82, 2.24) is 15.2 Å². The molecule has 3 aromatic rings. The van der Waals surface area contributed by atoms with Crippen molar-refractivity contribution in [3.63, 3.8) is 0 Å². The van der Waals surface area contributed by atoms with E-state index < -0.39 is 0 Å². The monoisotopic (exact) mass is 479 g/mol. The number of fused-ring (bicyclic) bond motifs is 1. The first-order valence-electron chi connectivity index (χ1n) is 11.1. The van der Waals surface area contributed by atoms with Gasteiger partial charge in [-0.25, -0.2) is 4.98 Å². The first kappa shape index (κ1) is 22.3. The van der Waals surface area contributed by atoms with Crippen molar-refractivity contribution in [2.45, 2.75) is 19.2 Å². The Morgan fingerprint density at radius 3 is 2.82 bits per heavy atom. The highest BCUT2D eigenvalue weighted by atomic mass is 32.2. The Morgan fingerprint density at radius 2 is 1.97 bits per heavy atom. The van der Waals surface area contributed by atoms with E-state index in [2.05, 4.69) is 10.3 Å². The number of hydrogen-bond donors (Lipinski definition) is 1. The molecule has 0 aliphatic carbocycles. The molecule has 8 nitrogen and oxygen atoms in total. The van der Waals surface area contributed by atoms with Gasteiger partial charge in [-0.1, -0.05) is 29.8 Å². The average Bonchev–Trinajstić information content (AvgIpc) is 3.48. The lowest BCUT2D eigenvalue weighted by molar-refractivity contribution is 0.0746. The van der Waals surface area contributed by atoms with Gasteiger partial charge in [0.2, 0.25) is 0 Å². The van der Waals surface area contributed by atoms with Gasteiger partial charge in [-0.05, 0) is 25.1 Å². The minimum Gasteiger partial charge on any atom is -0.486 e. The third-order valence-corrected chi connectivity index (χ3v) is 6.94. The zero-order chi connectivity index (χ0) is 23.7. The number of rotatable bonds is 5. The maximum atomic E-state index is 13.5. The van der Waals surface area contributed by atoms with E-state index >= 15 is 0 Å².